The summed E-state index contributed by atoms with van der Waals surface area (Å²) in [4.78, 5) is 2.26. The predicted molar refractivity (Wildman–Crippen MR) is 88.8 cm³/mol. The molecule has 0 amide bonds. The van der Waals surface area contributed by atoms with Crippen molar-refractivity contribution in [1.29, 1.82) is 0 Å². The van der Waals surface area contributed by atoms with Gasteiger partial charge in [-0.25, -0.2) is 0 Å². The second-order valence-corrected chi connectivity index (χ2v) is 6.28. The lowest BCUT2D eigenvalue weighted by Crippen LogP contribution is -2.36. The Morgan fingerprint density at radius 2 is 2.09 bits per heavy atom. The van der Waals surface area contributed by atoms with Gasteiger partial charge in [0.1, 0.15) is 0 Å². The fraction of sp³-hybridized carbons (Fsp3) is 0.765. The van der Waals surface area contributed by atoms with Gasteiger partial charge in [0, 0.05) is 58.9 Å². The van der Waals surface area contributed by atoms with Gasteiger partial charge in [-0.05, 0) is 24.5 Å². The number of methoxy groups -OCH3 is 1. The fourth-order valence-electron chi connectivity index (χ4n) is 2.35. The Hall–Kier alpha value is -0.880. The number of aromatic nitrogens is 1. The summed E-state index contributed by atoms with van der Waals surface area (Å²) in [5.41, 5.74) is 1.24. The number of aryl methyl sites for hydroxylation is 1. The third-order valence-electron chi connectivity index (χ3n) is 3.49. The Kier molecular flexibility index (Phi) is 9.39. The van der Waals surface area contributed by atoms with Crippen molar-refractivity contribution >= 4 is 0 Å². The van der Waals surface area contributed by atoms with E-state index in [9.17, 15) is 5.11 Å². The van der Waals surface area contributed by atoms with Crippen molar-refractivity contribution in [1.82, 2.24) is 9.47 Å². The van der Waals surface area contributed by atoms with Crippen LogP contribution < -0.4 is 0 Å². The van der Waals surface area contributed by atoms with E-state index in [0.29, 0.717) is 25.7 Å². The normalized spacial score (nSPS) is 13.2. The molecule has 0 aliphatic rings. The molecule has 0 saturated heterocycles. The van der Waals surface area contributed by atoms with E-state index in [2.05, 4.69) is 29.4 Å². The number of aliphatic hydroxyl groups is 1. The minimum Gasteiger partial charge on any atom is -0.389 e. The first-order chi connectivity index (χ1) is 10.5. The second kappa shape index (κ2) is 10.8. The number of ether oxygens (including phenoxy) is 2. The quantitative estimate of drug-likeness (QED) is 0.599. The van der Waals surface area contributed by atoms with Crippen LogP contribution in [0.2, 0.25) is 0 Å². The maximum absolute atomic E-state index is 10.2. The maximum atomic E-state index is 10.2. The molecule has 1 aromatic heterocycles. The molecule has 5 nitrogen and oxygen atoms in total. The Morgan fingerprint density at radius 1 is 1.32 bits per heavy atom. The number of hydrogen-bond donors (Lipinski definition) is 1. The molecule has 0 aromatic carbocycles. The molecule has 128 valence electrons. The molecule has 0 saturated carbocycles. The molecule has 1 rings (SSSR count). The van der Waals surface area contributed by atoms with Crippen LogP contribution in [-0.2, 0) is 23.1 Å². The van der Waals surface area contributed by atoms with E-state index < -0.39 is 6.10 Å². The summed E-state index contributed by atoms with van der Waals surface area (Å²) >= 11 is 0. The van der Waals surface area contributed by atoms with Gasteiger partial charge >= 0.3 is 0 Å². The number of nitrogens with zero attached hydrogens (tertiary/aromatic N) is 2. The molecule has 1 heterocycles. The van der Waals surface area contributed by atoms with E-state index in [1.165, 1.54) is 5.69 Å². The number of hydrogen-bond acceptors (Lipinski definition) is 4. The van der Waals surface area contributed by atoms with Crippen molar-refractivity contribution in [2.75, 3.05) is 40.0 Å². The molecule has 0 fully saturated rings. The van der Waals surface area contributed by atoms with Crippen LogP contribution in [0.1, 0.15) is 26.0 Å². The maximum Gasteiger partial charge on any atom is 0.0900 e. The van der Waals surface area contributed by atoms with Gasteiger partial charge in [-0.1, -0.05) is 13.8 Å². The summed E-state index contributed by atoms with van der Waals surface area (Å²) in [7, 11) is 3.76. The van der Waals surface area contributed by atoms with Crippen LogP contribution in [0.5, 0.6) is 0 Å². The minimum atomic E-state index is -0.457. The topological polar surface area (TPSA) is 46.9 Å². The third kappa shape index (κ3) is 7.94. The predicted octanol–water partition coefficient (Wildman–Crippen LogP) is 1.90. The van der Waals surface area contributed by atoms with Crippen molar-refractivity contribution in [2.24, 2.45) is 13.0 Å². The summed E-state index contributed by atoms with van der Waals surface area (Å²) in [6.07, 6.45) is 2.55. The lowest BCUT2D eigenvalue weighted by atomic mass is 10.2. The van der Waals surface area contributed by atoms with Crippen LogP contribution in [0.3, 0.4) is 0 Å². The molecule has 0 spiro atoms. The Bertz CT molecular complexity index is 393. The van der Waals surface area contributed by atoms with Gasteiger partial charge in [-0.3, -0.25) is 4.90 Å². The van der Waals surface area contributed by atoms with Crippen molar-refractivity contribution in [3.63, 3.8) is 0 Å². The first kappa shape index (κ1) is 19.2. The zero-order valence-corrected chi connectivity index (χ0v) is 14.5. The van der Waals surface area contributed by atoms with Gasteiger partial charge in [0.05, 0.1) is 12.7 Å². The highest BCUT2D eigenvalue weighted by atomic mass is 16.5. The summed E-state index contributed by atoms with van der Waals surface area (Å²) < 4.78 is 12.8. The van der Waals surface area contributed by atoms with Gasteiger partial charge in [-0.15, -0.1) is 0 Å². The van der Waals surface area contributed by atoms with E-state index in [1.54, 1.807) is 7.11 Å². The van der Waals surface area contributed by atoms with E-state index in [0.717, 1.165) is 26.1 Å². The highest BCUT2D eigenvalue weighted by molar-refractivity contribution is 5.06. The van der Waals surface area contributed by atoms with Crippen molar-refractivity contribution in [2.45, 2.75) is 32.9 Å². The van der Waals surface area contributed by atoms with Crippen molar-refractivity contribution in [3.8, 4) is 0 Å². The van der Waals surface area contributed by atoms with Crippen LogP contribution in [-0.4, -0.2) is 60.7 Å². The van der Waals surface area contributed by atoms with Crippen molar-refractivity contribution < 1.29 is 14.6 Å². The van der Waals surface area contributed by atoms with E-state index in [1.807, 2.05) is 19.3 Å². The first-order valence-corrected chi connectivity index (χ1v) is 8.10. The highest BCUT2D eigenvalue weighted by Gasteiger charge is 2.14. The molecule has 1 N–H and O–H groups in total. The van der Waals surface area contributed by atoms with Crippen LogP contribution in [0, 0.1) is 5.92 Å². The average Bonchev–Trinajstić information content (AvgIpc) is 2.84. The van der Waals surface area contributed by atoms with Crippen LogP contribution >= 0.6 is 0 Å². The molecule has 0 bridgehead atoms. The molecule has 1 atom stereocenters. The summed E-state index contributed by atoms with van der Waals surface area (Å²) in [6.45, 7) is 8.40. The smallest absolute Gasteiger partial charge is 0.0900 e. The van der Waals surface area contributed by atoms with Gasteiger partial charge in [0.2, 0.25) is 0 Å². The zero-order valence-electron chi connectivity index (χ0n) is 14.5. The first-order valence-electron chi connectivity index (χ1n) is 8.10. The van der Waals surface area contributed by atoms with Crippen LogP contribution in [0.15, 0.2) is 18.3 Å². The number of rotatable bonds is 12. The van der Waals surface area contributed by atoms with Gasteiger partial charge < -0.3 is 19.1 Å². The van der Waals surface area contributed by atoms with E-state index >= 15 is 0 Å². The molecule has 1 aromatic rings. The lowest BCUT2D eigenvalue weighted by Gasteiger charge is -2.25. The van der Waals surface area contributed by atoms with Gasteiger partial charge in [-0.2, -0.15) is 0 Å². The molecule has 22 heavy (non-hydrogen) atoms. The SMILES string of the molecule is COCCCN(Cc1cccn1C)C[C@H](O)COCC(C)C. The molecule has 0 unspecified atom stereocenters. The summed E-state index contributed by atoms with van der Waals surface area (Å²) in [5, 5.41) is 10.2. The monoisotopic (exact) mass is 312 g/mol. The number of aliphatic hydroxyl groups excluding tert-OH is 1. The minimum absolute atomic E-state index is 0.395. The Balaban J connectivity index is 2.44. The zero-order chi connectivity index (χ0) is 16.4. The molecule has 0 radical (unpaired) electrons. The molecular formula is C17H32N2O3. The Morgan fingerprint density at radius 3 is 2.68 bits per heavy atom. The molecule has 0 aliphatic carbocycles. The Labute approximate surface area is 134 Å². The van der Waals surface area contributed by atoms with Crippen LogP contribution in [0.4, 0.5) is 0 Å². The van der Waals surface area contributed by atoms with Gasteiger partial charge in [0.15, 0.2) is 0 Å². The molecule has 0 aliphatic heterocycles. The van der Waals surface area contributed by atoms with Crippen LogP contribution in [0.25, 0.3) is 0 Å². The summed E-state index contributed by atoms with van der Waals surface area (Å²) in [6, 6.07) is 4.16. The molecular weight excluding hydrogens is 280 g/mol. The van der Waals surface area contributed by atoms with E-state index in [-0.39, 0.29) is 0 Å². The largest absolute Gasteiger partial charge is 0.389 e. The standard InChI is InChI=1S/C17H32N2O3/c1-15(2)13-22-14-17(20)12-19(9-6-10-21-4)11-16-7-5-8-18(16)3/h5,7-8,15,17,20H,6,9-14H2,1-4H3/t17-/m0/s1. The van der Waals surface area contributed by atoms with Crippen molar-refractivity contribution in [3.05, 3.63) is 24.0 Å². The average molecular weight is 312 g/mol. The van der Waals surface area contributed by atoms with E-state index in [4.69, 9.17) is 9.47 Å². The highest BCUT2D eigenvalue weighted by Crippen LogP contribution is 2.07. The summed E-state index contributed by atoms with van der Waals surface area (Å²) in [5.74, 6) is 0.494. The lowest BCUT2D eigenvalue weighted by molar-refractivity contribution is 0.00551. The second-order valence-electron chi connectivity index (χ2n) is 6.28. The third-order valence-corrected chi connectivity index (χ3v) is 3.49. The molecule has 5 heteroatoms. The fourth-order valence-corrected chi connectivity index (χ4v) is 2.35. The van der Waals surface area contributed by atoms with Gasteiger partial charge in [0.25, 0.3) is 0 Å².